The lowest BCUT2D eigenvalue weighted by Gasteiger charge is -2.02. The molecule has 0 amide bonds. The highest BCUT2D eigenvalue weighted by atomic mass is 16.7. The second-order valence-electron chi connectivity index (χ2n) is 3.48. The number of carbonyl (C=O) groups excluding carboxylic acids is 2. The minimum atomic E-state index is -0.725. The van der Waals surface area contributed by atoms with Crippen LogP contribution in [0.5, 0.6) is 0 Å². The van der Waals surface area contributed by atoms with E-state index in [-0.39, 0.29) is 17.4 Å². The molecule has 2 atom stereocenters. The van der Waals surface area contributed by atoms with Gasteiger partial charge in [-0.15, -0.1) is 0 Å². The zero-order chi connectivity index (χ0) is 9.35. The summed E-state index contributed by atoms with van der Waals surface area (Å²) in [5.74, 6) is -0.184. The summed E-state index contributed by atoms with van der Waals surface area (Å²) in [4.78, 5) is 21.1. The van der Waals surface area contributed by atoms with Crippen molar-refractivity contribution in [2.45, 2.75) is 20.0 Å². The van der Waals surface area contributed by atoms with Crippen molar-refractivity contribution >= 4 is 12.4 Å². The molecule has 68 valence electrons. The third kappa shape index (κ3) is 1.29. The zero-order valence-corrected chi connectivity index (χ0v) is 7.37. The van der Waals surface area contributed by atoms with Crippen LogP contribution in [0.3, 0.4) is 0 Å². The lowest BCUT2D eigenvalue weighted by Crippen LogP contribution is -2.10. The van der Waals surface area contributed by atoms with Crippen molar-refractivity contribution in [1.29, 1.82) is 0 Å². The second kappa shape index (κ2) is 2.77. The molecular formula is C8H12O4. The van der Waals surface area contributed by atoms with Gasteiger partial charge in [-0.3, -0.25) is 0 Å². The Balaban J connectivity index is 2.47. The van der Waals surface area contributed by atoms with Crippen molar-refractivity contribution in [3.8, 4) is 0 Å². The molecule has 0 aliphatic heterocycles. The van der Waals surface area contributed by atoms with Gasteiger partial charge in [0, 0.05) is 5.41 Å². The number of ether oxygens (including phenoxy) is 2. The lowest BCUT2D eigenvalue weighted by molar-refractivity contribution is -0.109. The molecule has 1 aliphatic carbocycles. The molecule has 1 rings (SSSR count). The van der Waals surface area contributed by atoms with Crippen molar-refractivity contribution in [2.75, 3.05) is 7.11 Å². The highest BCUT2D eigenvalue weighted by Gasteiger charge is 2.61. The van der Waals surface area contributed by atoms with Gasteiger partial charge in [-0.25, -0.2) is 4.79 Å². The molecule has 1 saturated carbocycles. The molecule has 0 saturated heterocycles. The lowest BCUT2D eigenvalue weighted by atomic mass is 10.1. The molecule has 0 aromatic carbocycles. The van der Waals surface area contributed by atoms with E-state index in [1.165, 1.54) is 7.11 Å². The van der Waals surface area contributed by atoms with Gasteiger partial charge in [-0.2, -0.15) is 0 Å². The van der Waals surface area contributed by atoms with Crippen molar-refractivity contribution in [3.63, 3.8) is 0 Å². The summed E-state index contributed by atoms with van der Waals surface area (Å²) in [6.45, 7) is 3.75. The number of rotatable bonds is 2. The average Bonchev–Trinajstić information content (AvgIpc) is 2.53. The van der Waals surface area contributed by atoms with E-state index in [0.29, 0.717) is 0 Å². The first kappa shape index (κ1) is 9.03. The first-order chi connectivity index (χ1) is 5.54. The molecule has 0 N–H and O–H groups in total. The van der Waals surface area contributed by atoms with Gasteiger partial charge in [0.15, 0.2) is 0 Å². The van der Waals surface area contributed by atoms with Crippen molar-refractivity contribution in [3.05, 3.63) is 0 Å². The van der Waals surface area contributed by atoms with E-state index in [1.54, 1.807) is 0 Å². The maximum atomic E-state index is 10.7. The summed E-state index contributed by atoms with van der Waals surface area (Å²) in [6, 6.07) is 0. The molecule has 1 aliphatic rings. The fraction of sp³-hybridized carbons (Fsp3) is 0.750. The Morgan fingerprint density at radius 2 is 2.08 bits per heavy atom. The topological polar surface area (TPSA) is 52.6 Å². The molecule has 0 radical (unpaired) electrons. The highest BCUT2D eigenvalue weighted by molar-refractivity contribution is 5.66. The summed E-state index contributed by atoms with van der Waals surface area (Å²) >= 11 is 0. The van der Waals surface area contributed by atoms with E-state index in [4.69, 9.17) is 4.74 Å². The first-order valence-corrected chi connectivity index (χ1v) is 3.74. The van der Waals surface area contributed by atoms with Crippen LogP contribution in [0, 0.1) is 11.3 Å². The van der Waals surface area contributed by atoms with E-state index < -0.39 is 6.16 Å². The minimum Gasteiger partial charge on any atom is -0.438 e. The third-order valence-corrected chi connectivity index (χ3v) is 2.35. The normalized spacial score (nSPS) is 30.6. The number of hydrogen-bond donors (Lipinski definition) is 0. The van der Waals surface area contributed by atoms with Gasteiger partial charge in [-0.05, 0) is 0 Å². The standard InChI is InChI=1S/C8H12O4/c1-8(2)5(4-9)6(8)12-7(10)11-3/h4-6H,1-3H3. The van der Waals surface area contributed by atoms with Crippen molar-refractivity contribution in [2.24, 2.45) is 11.3 Å². The molecule has 0 bridgehead atoms. The molecule has 4 nitrogen and oxygen atoms in total. The molecule has 0 aromatic rings. The van der Waals surface area contributed by atoms with E-state index >= 15 is 0 Å². The molecule has 0 heterocycles. The van der Waals surface area contributed by atoms with Gasteiger partial charge in [0.2, 0.25) is 0 Å². The van der Waals surface area contributed by atoms with Crippen LogP contribution < -0.4 is 0 Å². The number of carbonyl (C=O) groups is 2. The Labute approximate surface area is 70.8 Å². The second-order valence-corrected chi connectivity index (χ2v) is 3.48. The van der Waals surface area contributed by atoms with Gasteiger partial charge in [-0.1, -0.05) is 13.8 Å². The maximum Gasteiger partial charge on any atom is 0.508 e. The van der Waals surface area contributed by atoms with Crippen LogP contribution >= 0.6 is 0 Å². The van der Waals surface area contributed by atoms with E-state index in [9.17, 15) is 9.59 Å². The van der Waals surface area contributed by atoms with E-state index in [0.717, 1.165) is 6.29 Å². The highest BCUT2D eigenvalue weighted by Crippen LogP contribution is 2.52. The van der Waals surface area contributed by atoms with Crippen LogP contribution in [0.25, 0.3) is 0 Å². The fourth-order valence-corrected chi connectivity index (χ4v) is 1.25. The minimum absolute atomic E-state index is 0.184. The van der Waals surface area contributed by atoms with Crippen LogP contribution in [0.4, 0.5) is 4.79 Å². The largest absolute Gasteiger partial charge is 0.508 e. The monoisotopic (exact) mass is 172 g/mol. The van der Waals surface area contributed by atoms with Crippen LogP contribution in [0.2, 0.25) is 0 Å². The summed E-state index contributed by atoms with van der Waals surface area (Å²) < 4.78 is 9.15. The Bertz CT molecular complexity index is 209. The molecular weight excluding hydrogens is 160 g/mol. The number of methoxy groups -OCH3 is 1. The quantitative estimate of drug-likeness (QED) is 0.460. The van der Waals surface area contributed by atoms with Gasteiger partial charge >= 0.3 is 6.16 Å². The fourth-order valence-electron chi connectivity index (χ4n) is 1.25. The molecule has 0 aromatic heterocycles. The molecule has 1 fully saturated rings. The van der Waals surface area contributed by atoms with Gasteiger partial charge in [0.25, 0.3) is 0 Å². The van der Waals surface area contributed by atoms with Crippen LogP contribution in [0.1, 0.15) is 13.8 Å². The van der Waals surface area contributed by atoms with Crippen LogP contribution in [0.15, 0.2) is 0 Å². The maximum absolute atomic E-state index is 10.7. The molecule has 2 unspecified atom stereocenters. The van der Waals surface area contributed by atoms with Crippen molar-refractivity contribution in [1.82, 2.24) is 0 Å². The Hall–Kier alpha value is -1.06. The summed E-state index contributed by atoms with van der Waals surface area (Å²) in [7, 11) is 1.24. The smallest absolute Gasteiger partial charge is 0.438 e. The first-order valence-electron chi connectivity index (χ1n) is 3.74. The third-order valence-electron chi connectivity index (χ3n) is 2.35. The van der Waals surface area contributed by atoms with Crippen LogP contribution in [-0.2, 0) is 14.3 Å². The SMILES string of the molecule is COC(=O)OC1C(C=O)C1(C)C. The van der Waals surface area contributed by atoms with E-state index in [2.05, 4.69) is 4.74 Å². The Morgan fingerprint density at radius 1 is 1.50 bits per heavy atom. The van der Waals surface area contributed by atoms with E-state index in [1.807, 2.05) is 13.8 Å². The predicted octanol–water partition coefficient (Wildman–Crippen LogP) is 0.993. The number of hydrogen-bond acceptors (Lipinski definition) is 4. The van der Waals surface area contributed by atoms with Gasteiger partial charge in [0.1, 0.15) is 12.4 Å². The molecule has 0 spiro atoms. The number of aldehydes is 1. The summed E-state index contributed by atoms with van der Waals surface area (Å²) in [5, 5.41) is 0. The van der Waals surface area contributed by atoms with Crippen LogP contribution in [-0.4, -0.2) is 25.7 Å². The van der Waals surface area contributed by atoms with Gasteiger partial charge < -0.3 is 14.3 Å². The van der Waals surface area contributed by atoms with Gasteiger partial charge in [0.05, 0.1) is 13.0 Å². The predicted molar refractivity (Wildman–Crippen MR) is 40.6 cm³/mol. The molecule has 4 heteroatoms. The zero-order valence-electron chi connectivity index (χ0n) is 7.37. The molecule has 12 heavy (non-hydrogen) atoms. The summed E-state index contributed by atoms with van der Waals surface area (Å²) in [6.07, 6.45) is -0.229. The average molecular weight is 172 g/mol. The van der Waals surface area contributed by atoms with Crippen molar-refractivity contribution < 1.29 is 19.1 Å². The Morgan fingerprint density at radius 3 is 2.42 bits per heavy atom. The summed E-state index contributed by atoms with van der Waals surface area (Å²) in [5.41, 5.74) is -0.226. The Kier molecular flexibility index (Phi) is 2.08.